The summed E-state index contributed by atoms with van der Waals surface area (Å²) in [5.74, 6) is 6.74. The van der Waals surface area contributed by atoms with Crippen LogP contribution in [0.2, 0.25) is 0 Å². The molecule has 0 aromatic carbocycles. The lowest BCUT2D eigenvalue weighted by molar-refractivity contribution is -0.119. The maximum atomic E-state index is 13.8. The number of allylic oxidation sites excluding steroid dienone is 2. The summed E-state index contributed by atoms with van der Waals surface area (Å²) in [6.45, 7) is 11.4. The number of hydrogen-bond acceptors (Lipinski definition) is 3. The van der Waals surface area contributed by atoms with E-state index in [-0.39, 0.29) is 11.2 Å². The Kier molecular flexibility index (Phi) is 5.01. The van der Waals surface area contributed by atoms with Crippen LogP contribution in [0, 0.1) is 64.1 Å². The van der Waals surface area contributed by atoms with Gasteiger partial charge in [-0.15, -0.1) is 0 Å². The summed E-state index contributed by atoms with van der Waals surface area (Å²) in [4.78, 5) is 13.8. The van der Waals surface area contributed by atoms with Crippen LogP contribution >= 0.6 is 0 Å². The molecular formula is C30H41N3O. The molecule has 1 aromatic rings. The smallest absolute Gasteiger partial charge is 0.180 e. The zero-order valence-corrected chi connectivity index (χ0v) is 21.7. The third kappa shape index (κ3) is 3.14. The monoisotopic (exact) mass is 459 g/mol. The highest BCUT2D eigenvalue weighted by molar-refractivity contribution is 5.99. The zero-order valence-electron chi connectivity index (χ0n) is 21.7. The SMILES string of the molecule is C[C@H]1CC[C@@H]2C3CC[C@]4(C)C(C(=O)Cn5cc(C(C)(C)C#N)cn5)=C5C(C4[C@@H]3CC[C@@H]2C1)[C@@H]5C. The van der Waals surface area contributed by atoms with Crippen LogP contribution in [0.5, 0.6) is 0 Å². The van der Waals surface area contributed by atoms with Crippen LogP contribution in [-0.2, 0) is 16.8 Å². The first-order chi connectivity index (χ1) is 16.2. The predicted octanol–water partition coefficient (Wildman–Crippen LogP) is 6.32. The van der Waals surface area contributed by atoms with Gasteiger partial charge >= 0.3 is 0 Å². The van der Waals surface area contributed by atoms with E-state index in [0.29, 0.717) is 24.3 Å². The Morgan fingerprint density at radius 3 is 2.71 bits per heavy atom. The molecular weight excluding hydrogens is 418 g/mol. The first kappa shape index (κ1) is 22.6. The van der Waals surface area contributed by atoms with Gasteiger partial charge in [0.1, 0.15) is 6.54 Å². The Hall–Kier alpha value is -1.89. The average Bonchev–Trinajstić information content (AvgIpc) is 3.14. The van der Waals surface area contributed by atoms with Crippen LogP contribution in [0.3, 0.4) is 0 Å². The van der Waals surface area contributed by atoms with Gasteiger partial charge in [-0.05, 0) is 105 Å². The number of aromatic nitrogens is 2. The Labute approximate surface area is 205 Å². The van der Waals surface area contributed by atoms with E-state index in [1.165, 1.54) is 56.1 Å². The van der Waals surface area contributed by atoms with Gasteiger partial charge in [-0.25, -0.2) is 0 Å². The highest BCUT2D eigenvalue weighted by atomic mass is 16.1. The number of carbonyl (C=O) groups excluding carboxylic acids is 1. The van der Waals surface area contributed by atoms with Gasteiger partial charge in [0, 0.05) is 17.3 Å². The molecule has 0 amide bonds. The van der Waals surface area contributed by atoms with E-state index in [1.54, 1.807) is 10.9 Å². The minimum Gasteiger partial charge on any atom is -0.292 e. The lowest BCUT2D eigenvalue weighted by atomic mass is 9.48. The number of nitrogens with zero attached hydrogens (tertiary/aromatic N) is 3. The third-order valence-corrected chi connectivity index (χ3v) is 11.2. The van der Waals surface area contributed by atoms with Gasteiger partial charge in [0.25, 0.3) is 0 Å². The summed E-state index contributed by atoms with van der Waals surface area (Å²) in [6, 6.07) is 2.34. The van der Waals surface area contributed by atoms with Crippen molar-refractivity contribution in [3.8, 4) is 6.07 Å². The number of rotatable bonds is 4. The van der Waals surface area contributed by atoms with Crippen molar-refractivity contribution in [2.75, 3.05) is 0 Å². The summed E-state index contributed by atoms with van der Waals surface area (Å²) in [5.41, 5.74) is 3.04. The van der Waals surface area contributed by atoms with Gasteiger partial charge < -0.3 is 0 Å². The van der Waals surface area contributed by atoms with E-state index < -0.39 is 5.41 Å². The lowest BCUT2D eigenvalue weighted by Crippen LogP contribution is -2.50. The van der Waals surface area contributed by atoms with Crippen molar-refractivity contribution in [3.63, 3.8) is 0 Å². The molecule has 4 heteroatoms. The zero-order chi connectivity index (χ0) is 24.0. The molecule has 0 saturated heterocycles. The van der Waals surface area contributed by atoms with Crippen LogP contribution in [0.1, 0.15) is 85.1 Å². The van der Waals surface area contributed by atoms with E-state index >= 15 is 0 Å². The summed E-state index contributed by atoms with van der Waals surface area (Å²) >= 11 is 0. The van der Waals surface area contributed by atoms with Crippen LogP contribution in [0.15, 0.2) is 23.5 Å². The fourth-order valence-electron chi connectivity index (χ4n) is 9.48. The van der Waals surface area contributed by atoms with Gasteiger partial charge in [-0.3, -0.25) is 9.48 Å². The second-order valence-corrected chi connectivity index (χ2v) is 13.5. The molecule has 0 radical (unpaired) electrons. The highest BCUT2D eigenvalue weighted by Gasteiger charge is 2.67. The van der Waals surface area contributed by atoms with E-state index in [2.05, 4.69) is 31.9 Å². The van der Waals surface area contributed by atoms with Crippen molar-refractivity contribution in [1.29, 1.82) is 5.26 Å². The number of carbonyl (C=O) groups is 1. The molecule has 4 saturated carbocycles. The van der Waals surface area contributed by atoms with Crippen LogP contribution in [0.25, 0.3) is 0 Å². The molecule has 1 aromatic heterocycles. The van der Waals surface area contributed by atoms with Gasteiger partial charge in [-0.1, -0.05) is 32.8 Å². The molecule has 0 aliphatic heterocycles. The summed E-state index contributed by atoms with van der Waals surface area (Å²) < 4.78 is 1.77. The second-order valence-electron chi connectivity index (χ2n) is 13.5. The number of hydrogen-bond donors (Lipinski definition) is 0. The molecule has 0 N–H and O–H groups in total. The van der Waals surface area contributed by atoms with Gasteiger partial charge in [0.2, 0.25) is 0 Å². The van der Waals surface area contributed by atoms with Gasteiger partial charge in [-0.2, -0.15) is 10.4 Å². The molecule has 0 bridgehead atoms. The van der Waals surface area contributed by atoms with Crippen molar-refractivity contribution in [1.82, 2.24) is 9.78 Å². The summed E-state index contributed by atoms with van der Waals surface area (Å²) in [6.07, 6.45) is 13.3. The predicted molar refractivity (Wildman–Crippen MR) is 133 cm³/mol. The van der Waals surface area contributed by atoms with Gasteiger partial charge in [0.05, 0.1) is 17.7 Å². The van der Waals surface area contributed by atoms with E-state index in [9.17, 15) is 10.1 Å². The minimum absolute atomic E-state index is 0.0570. The van der Waals surface area contributed by atoms with Crippen molar-refractivity contribution < 1.29 is 4.79 Å². The number of nitriles is 1. The van der Waals surface area contributed by atoms with Crippen LogP contribution < -0.4 is 0 Å². The molecule has 34 heavy (non-hydrogen) atoms. The summed E-state index contributed by atoms with van der Waals surface area (Å²) in [7, 11) is 0. The average molecular weight is 460 g/mol. The molecule has 5 aliphatic carbocycles. The molecule has 9 atom stereocenters. The molecule has 182 valence electrons. The number of Topliss-reactive ketones (excluding diaryl/α,β-unsaturated/α-hetero) is 1. The maximum Gasteiger partial charge on any atom is 0.180 e. The first-order valence-electron chi connectivity index (χ1n) is 13.9. The fraction of sp³-hybridized carbons (Fsp3) is 0.767. The van der Waals surface area contributed by atoms with E-state index in [4.69, 9.17) is 0 Å². The molecule has 5 aliphatic rings. The normalized spacial score (nSPS) is 42.8. The minimum atomic E-state index is -0.585. The highest BCUT2D eigenvalue weighted by Crippen LogP contribution is 2.74. The van der Waals surface area contributed by atoms with Crippen LogP contribution in [-0.4, -0.2) is 15.6 Å². The third-order valence-electron chi connectivity index (χ3n) is 11.2. The van der Waals surface area contributed by atoms with Crippen molar-refractivity contribution in [3.05, 3.63) is 29.1 Å². The van der Waals surface area contributed by atoms with Crippen molar-refractivity contribution >= 4 is 5.78 Å². The topological polar surface area (TPSA) is 58.7 Å². The quantitative estimate of drug-likeness (QED) is 0.529. The second kappa shape index (κ2) is 7.55. The Morgan fingerprint density at radius 1 is 1.18 bits per heavy atom. The molecule has 4 fully saturated rings. The molecule has 4 nitrogen and oxygen atoms in total. The standard InChI is InChI=1S/C30H41N3O/c1-17-6-8-21-19(12-17)7-9-23-22(21)10-11-30(5)27(23)25-18(2)26(25)28(30)24(34)15-33-14-20(13-32-33)29(3,4)16-31/h13-14,17-19,21-23,25,27H,6-12,15H2,1-5H3/t17-,18-,19+,21-,22?,23+,25?,27?,30-/m0/s1. The molecule has 1 heterocycles. The maximum absolute atomic E-state index is 13.8. The van der Waals surface area contributed by atoms with Gasteiger partial charge in [0.15, 0.2) is 5.78 Å². The molecule has 3 unspecified atom stereocenters. The summed E-state index contributed by atoms with van der Waals surface area (Å²) in [5, 5.41) is 13.9. The largest absolute Gasteiger partial charge is 0.292 e. The van der Waals surface area contributed by atoms with Crippen molar-refractivity contribution in [2.24, 2.45) is 52.8 Å². The van der Waals surface area contributed by atoms with E-state index in [1.807, 2.05) is 20.0 Å². The van der Waals surface area contributed by atoms with E-state index in [0.717, 1.165) is 35.2 Å². The Morgan fingerprint density at radius 2 is 1.94 bits per heavy atom. The first-order valence-corrected chi connectivity index (χ1v) is 13.9. The Balaban J connectivity index is 1.25. The molecule has 6 rings (SSSR count). The van der Waals surface area contributed by atoms with Crippen LogP contribution in [0.4, 0.5) is 0 Å². The number of ketones is 1. The Bertz CT molecular complexity index is 1090. The molecule has 0 spiro atoms. The fourth-order valence-corrected chi connectivity index (χ4v) is 9.48. The lowest BCUT2D eigenvalue weighted by Gasteiger charge is -2.56. The number of fused-ring (bicyclic) bond motifs is 7. The van der Waals surface area contributed by atoms with Crippen molar-refractivity contribution in [2.45, 2.75) is 91.5 Å².